The van der Waals surface area contributed by atoms with E-state index in [4.69, 9.17) is 9.47 Å². The number of carbonyl (C=O) groups excluding carboxylic acids is 2. The van der Waals surface area contributed by atoms with E-state index in [1.165, 1.54) is 31.4 Å². The molecular weight excluding hydrogens is 284 g/mol. The van der Waals surface area contributed by atoms with Crippen LogP contribution in [0, 0.1) is 0 Å². The molecular formula is C17H14O5. The van der Waals surface area contributed by atoms with Gasteiger partial charge in [-0.1, -0.05) is 18.7 Å². The molecule has 0 aliphatic rings. The van der Waals surface area contributed by atoms with Gasteiger partial charge >= 0.3 is 5.97 Å². The number of aromatic hydroxyl groups is 1. The lowest BCUT2D eigenvalue weighted by Crippen LogP contribution is -2.10. The number of phenols is 1. The lowest BCUT2D eigenvalue weighted by Gasteiger charge is -2.11. The summed E-state index contributed by atoms with van der Waals surface area (Å²) >= 11 is 0. The van der Waals surface area contributed by atoms with Gasteiger partial charge in [-0.05, 0) is 24.3 Å². The van der Waals surface area contributed by atoms with Gasteiger partial charge in [-0.25, -0.2) is 4.79 Å². The van der Waals surface area contributed by atoms with E-state index in [1.807, 2.05) is 0 Å². The third kappa shape index (κ3) is 3.15. The molecule has 0 fully saturated rings. The average molecular weight is 298 g/mol. The first-order valence-corrected chi connectivity index (χ1v) is 6.41. The van der Waals surface area contributed by atoms with Crippen molar-refractivity contribution < 1.29 is 24.2 Å². The highest BCUT2D eigenvalue weighted by molar-refractivity contribution is 6.12. The molecule has 112 valence electrons. The van der Waals surface area contributed by atoms with Gasteiger partial charge in [-0.3, -0.25) is 4.79 Å². The molecule has 0 radical (unpaired) electrons. The zero-order valence-electron chi connectivity index (χ0n) is 11.9. The monoisotopic (exact) mass is 298 g/mol. The maximum atomic E-state index is 12.5. The number of para-hydroxylation sites is 1. The Balaban J connectivity index is 2.49. The topological polar surface area (TPSA) is 72.8 Å². The van der Waals surface area contributed by atoms with E-state index >= 15 is 0 Å². The Hall–Kier alpha value is -3.08. The Morgan fingerprint density at radius 2 is 1.86 bits per heavy atom. The van der Waals surface area contributed by atoms with Crippen molar-refractivity contribution in [3.05, 3.63) is 66.2 Å². The summed E-state index contributed by atoms with van der Waals surface area (Å²) in [6.45, 7) is 3.32. The Kier molecular flexibility index (Phi) is 4.58. The van der Waals surface area contributed by atoms with Crippen molar-refractivity contribution in [1.29, 1.82) is 0 Å². The molecule has 0 heterocycles. The molecule has 2 aromatic carbocycles. The van der Waals surface area contributed by atoms with E-state index in [-0.39, 0.29) is 22.6 Å². The minimum atomic E-state index is -0.695. The number of rotatable bonds is 5. The van der Waals surface area contributed by atoms with Gasteiger partial charge in [0.25, 0.3) is 0 Å². The molecule has 5 heteroatoms. The van der Waals surface area contributed by atoms with Crippen molar-refractivity contribution in [3.63, 3.8) is 0 Å². The summed E-state index contributed by atoms with van der Waals surface area (Å²) in [6.07, 6.45) is 0.994. The van der Waals surface area contributed by atoms with Gasteiger partial charge in [0.1, 0.15) is 17.2 Å². The number of hydrogen-bond donors (Lipinski definition) is 1. The molecule has 0 aromatic heterocycles. The van der Waals surface area contributed by atoms with Crippen LogP contribution in [0.4, 0.5) is 0 Å². The minimum Gasteiger partial charge on any atom is -0.507 e. The van der Waals surface area contributed by atoms with Crippen molar-refractivity contribution in [2.75, 3.05) is 7.11 Å². The molecule has 0 saturated heterocycles. The van der Waals surface area contributed by atoms with E-state index in [2.05, 4.69) is 6.58 Å². The summed E-state index contributed by atoms with van der Waals surface area (Å²) in [5.41, 5.74) is 0.251. The SMILES string of the molecule is C=CC(=O)Oc1cc(OC)ccc1C(=O)c1ccccc1O. The second kappa shape index (κ2) is 6.58. The molecule has 0 spiro atoms. The third-order valence-electron chi connectivity index (χ3n) is 2.96. The first-order chi connectivity index (χ1) is 10.6. The van der Waals surface area contributed by atoms with E-state index < -0.39 is 11.8 Å². The molecule has 0 atom stereocenters. The molecule has 0 bridgehead atoms. The first kappa shape index (κ1) is 15.3. The molecule has 0 aliphatic carbocycles. The molecule has 2 rings (SSSR count). The van der Waals surface area contributed by atoms with Crippen LogP contribution >= 0.6 is 0 Å². The minimum absolute atomic E-state index is 0.0394. The zero-order chi connectivity index (χ0) is 16.1. The van der Waals surface area contributed by atoms with E-state index in [1.54, 1.807) is 18.2 Å². The van der Waals surface area contributed by atoms with Crippen LogP contribution in [0.15, 0.2) is 55.1 Å². The highest BCUT2D eigenvalue weighted by Gasteiger charge is 2.19. The lowest BCUT2D eigenvalue weighted by atomic mass is 10.0. The normalized spacial score (nSPS) is 9.86. The summed E-state index contributed by atoms with van der Waals surface area (Å²) in [7, 11) is 1.46. The predicted molar refractivity (Wildman–Crippen MR) is 80.4 cm³/mol. The van der Waals surface area contributed by atoms with E-state index in [0.717, 1.165) is 6.08 Å². The van der Waals surface area contributed by atoms with Gasteiger partial charge in [0, 0.05) is 12.1 Å². The third-order valence-corrected chi connectivity index (χ3v) is 2.96. The maximum Gasteiger partial charge on any atom is 0.335 e. The summed E-state index contributed by atoms with van der Waals surface area (Å²) in [4.78, 5) is 24.0. The zero-order valence-corrected chi connectivity index (χ0v) is 11.9. The fourth-order valence-electron chi connectivity index (χ4n) is 1.86. The fourth-order valence-corrected chi connectivity index (χ4v) is 1.86. The average Bonchev–Trinajstić information content (AvgIpc) is 2.54. The van der Waals surface area contributed by atoms with Crippen LogP contribution < -0.4 is 9.47 Å². The van der Waals surface area contributed by atoms with E-state index in [0.29, 0.717) is 5.75 Å². The molecule has 0 unspecified atom stereocenters. The number of carbonyl (C=O) groups is 2. The molecule has 0 saturated carbocycles. The number of esters is 1. The Bertz CT molecular complexity index is 734. The van der Waals surface area contributed by atoms with Crippen molar-refractivity contribution in [3.8, 4) is 17.2 Å². The molecule has 0 aliphatic heterocycles. The van der Waals surface area contributed by atoms with Crippen LogP contribution in [0.25, 0.3) is 0 Å². The smallest absolute Gasteiger partial charge is 0.335 e. The van der Waals surface area contributed by atoms with Crippen LogP contribution in [0.3, 0.4) is 0 Å². The number of ether oxygens (including phenoxy) is 2. The summed E-state index contributed by atoms with van der Waals surface area (Å²) in [5.74, 6) is -0.838. The fraction of sp³-hybridized carbons (Fsp3) is 0.0588. The molecule has 1 N–H and O–H groups in total. The first-order valence-electron chi connectivity index (χ1n) is 6.41. The number of methoxy groups -OCH3 is 1. The highest BCUT2D eigenvalue weighted by Crippen LogP contribution is 2.29. The van der Waals surface area contributed by atoms with Gasteiger partial charge in [-0.2, -0.15) is 0 Å². The second-order valence-corrected chi connectivity index (χ2v) is 4.33. The van der Waals surface area contributed by atoms with Crippen LogP contribution in [-0.4, -0.2) is 24.0 Å². The molecule has 0 amide bonds. The second-order valence-electron chi connectivity index (χ2n) is 4.33. The van der Waals surface area contributed by atoms with Crippen LogP contribution in [0.5, 0.6) is 17.2 Å². The van der Waals surface area contributed by atoms with Crippen LogP contribution in [-0.2, 0) is 4.79 Å². The number of ketones is 1. The van der Waals surface area contributed by atoms with Crippen molar-refractivity contribution in [2.45, 2.75) is 0 Å². The summed E-state index contributed by atoms with van der Waals surface area (Å²) < 4.78 is 10.1. The largest absolute Gasteiger partial charge is 0.507 e. The summed E-state index contributed by atoms with van der Waals surface area (Å²) in [6, 6.07) is 10.6. The van der Waals surface area contributed by atoms with Gasteiger partial charge in [0.2, 0.25) is 0 Å². The quantitative estimate of drug-likeness (QED) is 0.398. The molecule has 5 nitrogen and oxygen atoms in total. The van der Waals surface area contributed by atoms with Gasteiger partial charge in [0.15, 0.2) is 5.78 Å². The lowest BCUT2D eigenvalue weighted by molar-refractivity contribution is -0.128. The number of hydrogen-bond acceptors (Lipinski definition) is 5. The molecule has 22 heavy (non-hydrogen) atoms. The highest BCUT2D eigenvalue weighted by atomic mass is 16.5. The van der Waals surface area contributed by atoms with Gasteiger partial charge < -0.3 is 14.6 Å². The Morgan fingerprint density at radius 1 is 1.14 bits per heavy atom. The van der Waals surface area contributed by atoms with Crippen LogP contribution in [0.1, 0.15) is 15.9 Å². The van der Waals surface area contributed by atoms with Crippen molar-refractivity contribution in [1.82, 2.24) is 0 Å². The Labute approximate surface area is 127 Å². The maximum absolute atomic E-state index is 12.5. The van der Waals surface area contributed by atoms with Crippen molar-refractivity contribution in [2.24, 2.45) is 0 Å². The van der Waals surface area contributed by atoms with Crippen molar-refractivity contribution >= 4 is 11.8 Å². The number of benzene rings is 2. The van der Waals surface area contributed by atoms with E-state index in [9.17, 15) is 14.7 Å². The van der Waals surface area contributed by atoms with Gasteiger partial charge in [0.05, 0.1) is 18.2 Å². The molecule has 2 aromatic rings. The standard InChI is InChI=1S/C17H14O5/c1-3-16(19)22-15-10-11(21-2)8-9-13(15)17(20)12-6-4-5-7-14(12)18/h3-10,18H,1H2,2H3. The predicted octanol–water partition coefficient (Wildman–Crippen LogP) is 2.72. The number of phenolic OH excluding ortho intramolecular Hbond substituents is 1. The Morgan fingerprint density at radius 3 is 2.50 bits per heavy atom. The van der Waals surface area contributed by atoms with Gasteiger partial charge in [-0.15, -0.1) is 0 Å². The summed E-state index contributed by atoms with van der Waals surface area (Å²) in [5, 5.41) is 9.79. The van der Waals surface area contributed by atoms with Crippen LogP contribution in [0.2, 0.25) is 0 Å².